The van der Waals surface area contributed by atoms with Crippen molar-refractivity contribution in [3.63, 3.8) is 0 Å². The number of aliphatic carboxylic acids is 1. The van der Waals surface area contributed by atoms with Crippen molar-refractivity contribution >= 4 is 11.5 Å². The van der Waals surface area contributed by atoms with Gasteiger partial charge in [0.25, 0.3) is 0 Å². The second-order valence-corrected chi connectivity index (χ2v) is 4.15. The molecule has 2 rings (SSSR count). The summed E-state index contributed by atoms with van der Waals surface area (Å²) in [4.78, 5) is 16.8. The van der Waals surface area contributed by atoms with Crippen molar-refractivity contribution in [3.8, 4) is 0 Å². The smallest absolute Gasteiger partial charge is 0.303 e. The molecule has 0 radical (unpaired) electrons. The van der Waals surface area contributed by atoms with Crippen molar-refractivity contribution in [3.05, 3.63) is 17.8 Å². The van der Waals surface area contributed by atoms with E-state index in [9.17, 15) is 4.79 Å². The Kier molecular flexibility index (Phi) is 3.53. The van der Waals surface area contributed by atoms with Gasteiger partial charge in [0.05, 0.1) is 6.42 Å². The molecule has 1 aromatic rings. The standard InChI is InChI=1S/C11H15N3O3/c1-14-6-4-8(5-7-14)11-12-9(17-13-11)2-3-10(15)16/h4H,2-3,5-7H2,1H3,(H,15,16). The number of carboxylic acids is 1. The second kappa shape index (κ2) is 5.09. The molecule has 6 nitrogen and oxygen atoms in total. The molecule has 0 atom stereocenters. The minimum atomic E-state index is -0.858. The van der Waals surface area contributed by atoms with Gasteiger partial charge >= 0.3 is 5.97 Å². The molecule has 92 valence electrons. The first kappa shape index (κ1) is 11.8. The third-order valence-electron chi connectivity index (χ3n) is 2.72. The van der Waals surface area contributed by atoms with Crippen LogP contribution in [-0.2, 0) is 11.2 Å². The Bertz CT molecular complexity index is 439. The Morgan fingerprint density at radius 2 is 2.47 bits per heavy atom. The Hall–Kier alpha value is -1.69. The first-order valence-electron chi connectivity index (χ1n) is 5.57. The Morgan fingerprint density at radius 1 is 1.65 bits per heavy atom. The lowest BCUT2D eigenvalue weighted by molar-refractivity contribution is -0.137. The highest BCUT2D eigenvalue weighted by atomic mass is 16.5. The van der Waals surface area contributed by atoms with Gasteiger partial charge in [-0.1, -0.05) is 11.2 Å². The summed E-state index contributed by atoms with van der Waals surface area (Å²) in [6, 6.07) is 0. The largest absolute Gasteiger partial charge is 0.481 e. The molecular formula is C11H15N3O3. The second-order valence-electron chi connectivity index (χ2n) is 4.15. The molecule has 0 aromatic carbocycles. The van der Waals surface area contributed by atoms with Crippen LogP contribution in [0.3, 0.4) is 0 Å². The summed E-state index contributed by atoms with van der Waals surface area (Å²) in [5.74, 6) is 0.129. The molecule has 1 aliphatic rings. The molecular weight excluding hydrogens is 222 g/mol. The number of aromatic nitrogens is 2. The predicted octanol–water partition coefficient (Wildman–Crippen LogP) is 0.806. The van der Waals surface area contributed by atoms with E-state index >= 15 is 0 Å². The average Bonchev–Trinajstić information content (AvgIpc) is 2.76. The maximum atomic E-state index is 10.4. The monoisotopic (exact) mass is 237 g/mol. The SMILES string of the molecule is CN1CC=C(c2noc(CCC(=O)O)n2)CC1. The van der Waals surface area contributed by atoms with Crippen LogP contribution >= 0.6 is 0 Å². The van der Waals surface area contributed by atoms with Crippen LogP contribution in [0.5, 0.6) is 0 Å². The number of hydrogen-bond acceptors (Lipinski definition) is 5. The number of likely N-dealkylation sites (N-methyl/N-ethyl adjacent to an activating group) is 1. The summed E-state index contributed by atoms with van der Waals surface area (Å²) in [5.41, 5.74) is 1.08. The molecule has 0 spiro atoms. The topological polar surface area (TPSA) is 79.5 Å². The summed E-state index contributed by atoms with van der Waals surface area (Å²) < 4.78 is 5.02. The van der Waals surface area contributed by atoms with Gasteiger partial charge < -0.3 is 14.5 Å². The van der Waals surface area contributed by atoms with Gasteiger partial charge in [0.1, 0.15) is 0 Å². The molecule has 1 N–H and O–H groups in total. The van der Waals surface area contributed by atoms with Gasteiger partial charge in [-0.2, -0.15) is 4.98 Å². The van der Waals surface area contributed by atoms with Crippen molar-refractivity contribution in [2.75, 3.05) is 20.1 Å². The third kappa shape index (κ3) is 3.13. The number of aryl methyl sites for hydroxylation is 1. The summed E-state index contributed by atoms with van der Waals surface area (Å²) in [6.07, 6.45) is 3.28. The summed E-state index contributed by atoms with van der Waals surface area (Å²) in [5, 5.41) is 12.4. The van der Waals surface area contributed by atoms with E-state index in [1.165, 1.54) is 0 Å². The molecule has 6 heteroatoms. The summed E-state index contributed by atoms with van der Waals surface area (Å²) >= 11 is 0. The van der Waals surface area contributed by atoms with Crippen molar-refractivity contribution in [1.29, 1.82) is 0 Å². The minimum Gasteiger partial charge on any atom is -0.481 e. The lowest BCUT2D eigenvalue weighted by Gasteiger charge is -2.19. The molecule has 1 aromatic heterocycles. The van der Waals surface area contributed by atoms with E-state index in [0.29, 0.717) is 11.7 Å². The lowest BCUT2D eigenvalue weighted by Crippen LogP contribution is -2.23. The number of carboxylic acid groups (broad SMARTS) is 1. The Balaban J connectivity index is 2.00. The molecule has 0 amide bonds. The molecule has 0 fully saturated rings. The highest BCUT2D eigenvalue weighted by molar-refractivity contribution is 5.66. The normalized spacial score (nSPS) is 16.9. The first-order valence-corrected chi connectivity index (χ1v) is 5.57. The first-order chi connectivity index (χ1) is 8.15. The highest BCUT2D eigenvalue weighted by Crippen LogP contribution is 2.19. The summed E-state index contributed by atoms with van der Waals surface area (Å²) in [7, 11) is 2.06. The lowest BCUT2D eigenvalue weighted by atomic mass is 10.1. The van der Waals surface area contributed by atoms with E-state index in [0.717, 1.165) is 25.1 Å². The van der Waals surface area contributed by atoms with E-state index in [1.54, 1.807) is 0 Å². The van der Waals surface area contributed by atoms with Crippen LogP contribution in [0, 0.1) is 0 Å². The molecule has 1 aliphatic heterocycles. The fourth-order valence-electron chi connectivity index (χ4n) is 1.67. The van der Waals surface area contributed by atoms with Crippen LogP contribution in [0.4, 0.5) is 0 Å². The Labute approximate surface area is 98.9 Å². The molecule has 2 heterocycles. The van der Waals surface area contributed by atoms with E-state index in [1.807, 2.05) is 0 Å². The van der Waals surface area contributed by atoms with Crippen LogP contribution in [-0.4, -0.2) is 46.3 Å². The zero-order chi connectivity index (χ0) is 12.3. The number of carbonyl (C=O) groups is 1. The van der Waals surface area contributed by atoms with Gasteiger partial charge in [0.15, 0.2) is 5.82 Å². The molecule has 0 bridgehead atoms. The van der Waals surface area contributed by atoms with Crippen molar-refractivity contribution < 1.29 is 14.4 Å². The van der Waals surface area contributed by atoms with Crippen LogP contribution in [0.15, 0.2) is 10.6 Å². The molecule has 0 aliphatic carbocycles. The fourth-order valence-corrected chi connectivity index (χ4v) is 1.67. The van der Waals surface area contributed by atoms with E-state index in [-0.39, 0.29) is 12.8 Å². The van der Waals surface area contributed by atoms with Gasteiger partial charge in [-0.15, -0.1) is 0 Å². The van der Waals surface area contributed by atoms with Crippen LogP contribution < -0.4 is 0 Å². The fraction of sp³-hybridized carbons (Fsp3) is 0.545. The highest BCUT2D eigenvalue weighted by Gasteiger charge is 2.15. The zero-order valence-corrected chi connectivity index (χ0v) is 9.72. The van der Waals surface area contributed by atoms with Gasteiger partial charge in [-0.25, -0.2) is 0 Å². The maximum Gasteiger partial charge on any atom is 0.303 e. The zero-order valence-electron chi connectivity index (χ0n) is 9.72. The number of rotatable bonds is 4. The van der Waals surface area contributed by atoms with Crippen molar-refractivity contribution in [2.45, 2.75) is 19.3 Å². The Morgan fingerprint density at radius 3 is 3.12 bits per heavy atom. The number of nitrogens with zero attached hydrogens (tertiary/aromatic N) is 3. The molecule has 0 unspecified atom stereocenters. The van der Waals surface area contributed by atoms with Crippen LogP contribution in [0.1, 0.15) is 24.6 Å². The average molecular weight is 237 g/mol. The van der Waals surface area contributed by atoms with E-state index in [2.05, 4.69) is 28.2 Å². The minimum absolute atomic E-state index is 0.0173. The van der Waals surface area contributed by atoms with Crippen LogP contribution in [0.25, 0.3) is 5.57 Å². The molecule has 17 heavy (non-hydrogen) atoms. The number of hydrogen-bond donors (Lipinski definition) is 1. The predicted molar refractivity (Wildman–Crippen MR) is 60.3 cm³/mol. The van der Waals surface area contributed by atoms with E-state index in [4.69, 9.17) is 9.63 Å². The molecule has 0 saturated heterocycles. The third-order valence-corrected chi connectivity index (χ3v) is 2.72. The van der Waals surface area contributed by atoms with Gasteiger partial charge in [-0.3, -0.25) is 4.79 Å². The van der Waals surface area contributed by atoms with Crippen molar-refractivity contribution in [1.82, 2.24) is 15.0 Å². The van der Waals surface area contributed by atoms with E-state index < -0.39 is 5.97 Å². The van der Waals surface area contributed by atoms with Crippen molar-refractivity contribution in [2.24, 2.45) is 0 Å². The van der Waals surface area contributed by atoms with Gasteiger partial charge in [0, 0.05) is 19.5 Å². The van der Waals surface area contributed by atoms with Gasteiger partial charge in [0.2, 0.25) is 5.89 Å². The summed E-state index contributed by atoms with van der Waals surface area (Å²) in [6.45, 7) is 1.86. The maximum absolute atomic E-state index is 10.4. The molecule has 0 saturated carbocycles. The van der Waals surface area contributed by atoms with Gasteiger partial charge in [-0.05, 0) is 19.0 Å². The quantitative estimate of drug-likeness (QED) is 0.834. The van der Waals surface area contributed by atoms with Crippen LogP contribution in [0.2, 0.25) is 0 Å².